The van der Waals surface area contributed by atoms with Gasteiger partial charge in [-0.2, -0.15) is 0 Å². The molecule has 4 heteroatoms. The predicted octanol–water partition coefficient (Wildman–Crippen LogP) is 0.707. The van der Waals surface area contributed by atoms with Crippen LogP contribution in [-0.2, 0) is 9.53 Å². The van der Waals surface area contributed by atoms with Crippen molar-refractivity contribution in [3.8, 4) is 0 Å². The van der Waals surface area contributed by atoms with Gasteiger partial charge in [0.2, 0.25) is 0 Å². The largest absolute Gasteiger partial charge is 0.447 e. The third-order valence-electron chi connectivity index (χ3n) is 1.41. The van der Waals surface area contributed by atoms with E-state index in [0.29, 0.717) is 13.2 Å². The summed E-state index contributed by atoms with van der Waals surface area (Å²) in [4.78, 5) is 22.8. The number of nitrogens with zero attached hydrogens (tertiary/aromatic N) is 1. The molecule has 0 aromatic rings. The molecule has 12 heavy (non-hydrogen) atoms. The summed E-state index contributed by atoms with van der Waals surface area (Å²) in [5.74, 6) is -0.227. The lowest BCUT2D eigenvalue weighted by Crippen LogP contribution is -2.17. The fourth-order valence-corrected chi connectivity index (χ4v) is 0.772. The summed E-state index contributed by atoms with van der Waals surface area (Å²) >= 11 is 0. The van der Waals surface area contributed by atoms with Crippen molar-refractivity contribution < 1.29 is 14.3 Å². The van der Waals surface area contributed by atoms with Crippen molar-refractivity contribution in [3.63, 3.8) is 0 Å². The summed E-state index contributed by atoms with van der Waals surface area (Å²) < 4.78 is 4.63. The first kappa shape index (κ1) is 8.52. The Hall–Kier alpha value is -1.58. The molecule has 0 N–H and O–H groups in total. The van der Waals surface area contributed by atoms with E-state index in [4.69, 9.17) is 0 Å². The zero-order valence-corrected chi connectivity index (χ0v) is 6.53. The van der Waals surface area contributed by atoms with Gasteiger partial charge in [-0.1, -0.05) is 6.58 Å². The van der Waals surface area contributed by atoms with Crippen molar-refractivity contribution in [2.75, 3.05) is 13.2 Å². The Morgan fingerprint density at radius 3 is 2.92 bits per heavy atom. The molecule has 0 spiro atoms. The predicted molar refractivity (Wildman–Crippen MR) is 42.4 cm³/mol. The molecular weight excluding hydrogens is 158 g/mol. The highest BCUT2D eigenvalue weighted by molar-refractivity contribution is 5.98. The number of cyclic esters (lactones) is 1. The topological polar surface area (TPSA) is 46.6 Å². The van der Waals surface area contributed by atoms with Crippen LogP contribution in [0, 0.1) is 0 Å². The van der Waals surface area contributed by atoms with E-state index >= 15 is 0 Å². The summed E-state index contributed by atoms with van der Waals surface area (Å²) in [6.45, 7) is 4.17. The van der Waals surface area contributed by atoms with Crippen molar-refractivity contribution in [2.45, 2.75) is 0 Å². The summed E-state index contributed by atoms with van der Waals surface area (Å²) in [6, 6.07) is 0. The van der Waals surface area contributed by atoms with Gasteiger partial charge in [0, 0.05) is 12.3 Å². The molecule has 1 fully saturated rings. The molecule has 0 unspecified atom stereocenters. The van der Waals surface area contributed by atoms with Gasteiger partial charge < -0.3 is 4.74 Å². The third-order valence-corrected chi connectivity index (χ3v) is 1.41. The highest BCUT2D eigenvalue weighted by atomic mass is 16.6. The maximum absolute atomic E-state index is 10.8. The number of hydrogen-bond donors (Lipinski definition) is 0. The van der Waals surface area contributed by atoms with Crippen LogP contribution in [0.2, 0.25) is 0 Å². The number of ether oxygens (including phenoxy) is 1. The van der Waals surface area contributed by atoms with E-state index in [-0.39, 0.29) is 5.78 Å². The Morgan fingerprint density at radius 2 is 2.42 bits per heavy atom. The van der Waals surface area contributed by atoms with Gasteiger partial charge in [0.05, 0.1) is 6.54 Å². The van der Waals surface area contributed by atoms with Crippen LogP contribution >= 0.6 is 0 Å². The molecule has 4 nitrogen and oxygen atoms in total. The molecule has 0 atom stereocenters. The first-order valence-corrected chi connectivity index (χ1v) is 3.52. The molecule has 1 aliphatic rings. The van der Waals surface area contributed by atoms with E-state index in [0.717, 1.165) is 0 Å². The summed E-state index contributed by atoms with van der Waals surface area (Å²) in [6.07, 6.45) is 3.44. The number of carbonyl (C=O) groups is 2. The second-order valence-electron chi connectivity index (χ2n) is 2.23. The Labute approximate surface area is 70.1 Å². The van der Waals surface area contributed by atoms with E-state index in [9.17, 15) is 9.59 Å². The number of rotatable bonds is 3. The molecule has 0 aromatic carbocycles. The third kappa shape index (κ3) is 1.95. The zero-order valence-electron chi connectivity index (χ0n) is 6.53. The minimum absolute atomic E-state index is 0.227. The molecule has 1 heterocycles. The lowest BCUT2D eigenvalue weighted by Gasteiger charge is -2.02. The minimum Gasteiger partial charge on any atom is -0.447 e. The number of ketones is 1. The standard InChI is InChI=1S/C8H9NO3/c1-2-7(10)3-4-9-5-6-12-8(9)11/h2-4H,1,5-6H2. The van der Waals surface area contributed by atoms with Gasteiger partial charge in [-0.25, -0.2) is 4.79 Å². The Balaban J connectivity index is 2.50. The van der Waals surface area contributed by atoms with E-state index in [2.05, 4.69) is 11.3 Å². The lowest BCUT2D eigenvalue weighted by molar-refractivity contribution is -0.110. The SMILES string of the molecule is C=CC(=O)C=CN1CCOC1=O. The maximum atomic E-state index is 10.8. The van der Waals surface area contributed by atoms with Crippen molar-refractivity contribution in [2.24, 2.45) is 0 Å². The molecule has 0 aromatic heterocycles. The molecule has 1 amide bonds. The van der Waals surface area contributed by atoms with Gasteiger partial charge in [0.25, 0.3) is 0 Å². The highest BCUT2D eigenvalue weighted by Crippen LogP contribution is 2.02. The zero-order chi connectivity index (χ0) is 8.97. The summed E-state index contributed by atoms with van der Waals surface area (Å²) in [5.41, 5.74) is 0. The Morgan fingerprint density at radius 1 is 1.67 bits per heavy atom. The van der Waals surface area contributed by atoms with Crippen LogP contribution in [0.5, 0.6) is 0 Å². The van der Waals surface area contributed by atoms with Crippen molar-refractivity contribution in [3.05, 3.63) is 24.9 Å². The van der Waals surface area contributed by atoms with Crippen LogP contribution in [0.4, 0.5) is 4.79 Å². The summed E-state index contributed by atoms with van der Waals surface area (Å²) in [7, 11) is 0. The van der Waals surface area contributed by atoms with Gasteiger partial charge in [0.1, 0.15) is 6.61 Å². The van der Waals surface area contributed by atoms with Gasteiger partial charge in [-0.3, -0.25) is 9.69 Å². The fourth-order valence-electron chi connectivity index (χ4n) is 0.772. The molecular formula is C8H9NO3. The maximum Gasteiger partial charge on any atom is 0.413 e. The molecule has 1 rings (SSSR count). The van der Waals surface area contributed by atoms with Crippen LogP contribution in [0.15, 0.2) is 24.9 Å². The van der Waals surface area contributed by atoms with Crippen LogP contribution in [0.3, 0.4) is 0 Å². The first-order valence-electron chi connectivity index (χ1n) is 3.52. The molecule has 1 aliphatic heterocycles. The first-order chi connectivity index (χ1) is 5.74. The molecule has 0 saturated carbocycles. The molecule has 0 radical (unpaired) electrons. The van der Waals surface area contributed by atoms with E-state index in [1.807, 2.05) is 0 Å². The summed E-state index contributed by atoms with van der Waals surface area (Å²) in [5, 5.41) is 0. The fraction of sp³-hybridized carbons (Fsp3) is 0.250. The van der Waals surface area contributed by atoms with Crippen LogP contribution in [-0.4, -0.2) is 29.9 Å². The van der Waals surface area contributed by atoms with Crippen molar-refractivity contribution >= 4 is 11.9 Å². The van der Waals surface area contributed by atoms with E-state index in [1.165, 1.54) is 23.3 Å². The second kappa shape index (κ2) is 3.71. The quantitative estimate of drug-likeness (QED) is 0.581. The second-order valence-corrected chi connectivity index (χ2v) is 2.23. The highest BCUT2D eigenvalue weighted by Gasteiger charge is 2.18. The monoisotopic (exact) mass is 167 g/mol. The smallest absolute Gasteiger partial charge is 0.413 e. The number of carbonyl (C=O) groups excluding carboxylic acids is 2. The van der Waals surface area contributed by atoms with E-state index in [1.54, 1.807) is 0 Å². The Bertz CT molecular complexity index is 245. The van der Waals surface area contributed by atoms with Crippen molar-refractivity contribution in [1.82, 2.24) is 4.90 Å². The minimum atomic E-state index is -0.414. The number of allylic oxidation sites excluding steroid dienone is 2. The van der Waals surface area contributed by atoms with Crippen LogP contribution in [0.1, 0.15) is 0 Å². The van der Waals surface area contributed by atoms with Gasteiger partial charge in [-0.05, 0) is 6.08 Å². The lowest BCUT2D eigenvalue weighted by atomic mass is 10.4. The van der Waals surface area contributed by atoms with Gasteiger partial charge in [-0.15, -0.1) is 0 Å². The van der Waals surface area contributed by atoms with Crippen LogP contribution < -0.4 is 0 Å². The molecule has 0 bridgehead atoms. The molecule has 1 saturated heterocycles. The number of hydrogen-bond acceptors (Lipinski definition) is 3. The van der Waals surface area contributed by atoms with Crippen molar-refractivity contribution in [1.29, 1.82) is 0 Å². The van der Waals surface area contributed by atoms with Gasteiger partial charge >= 0.3 is 6.09 Å². The molecule has 0 aliphatic carbocycles. The average molecular weight is 167 g/mol. The normalized spacial score (nSPS) is 16.7. The molecule has 64 valence electrons. The van der Waals surface area contributed by atoms with Gasteiger partial charge in [0.15, 0.2) is 5.78 Å². The van der Waals surface area contributed by atoms with Crippen LogP contribution in [0.25, 0.3) is 0 Å². The Kier molecular flexibility index (Phi) is 2.63. The number of amides is 1. The van der Waals surface area contributed by atoms with E-state index < -0.39 is 6.09 Å². The average Bonchev–Trinajstić information content (AvgIpc) is 2.47.